The van der Waals surface area contributed by atoms with E-state index in [2.05, 4.69) is 5.32 Å². The second-order valence-electron chi connectivity index (χ2n) is 3.84. The number of benzene rings is 1. The third-order valence-corrected chi connectivity index (χ3v) is 2.92. The number of hydrogen-bond donors (Lipinski definition) is 3. The number of hydrogen-bond acceptors (Lipinski definition) is 3. The molecule has 0 spiro atoms. The molecule has 86 valence electrons. The van der Waals surface area contributed by atoms with Crippen molar-refractivity contribution in [3.63, 3.8) is 0 Å². The zero-order valence-corrected chi connectivity index (χ0v) is 8.66. The SMILES string of the molecule is NCc1ccc(F)c2c1CC(C(=O)O)NC2. The molecule has 4 nitrogen and oxygen atoms in total. The molecule has 1 atom stereocenters. The minimum atomic E-state index is -0.919. The fourth-order valence-corrected chi connectivity index (χ4v) is 2.03. The average molecular weight is 224 g/mol. The van der Waals surface area contributed by atoms with Gasteiger partial charge < -0.3 is 10.8 Å². The van der Waals surface area contributed by atoms with E-state index >= 15 is 0 Å². The van der Waals surface area contributed by atoms with Gasteiger partial charge in [-0.2, -0.15) is 0 Å². The van der Waals surface area contributed by atoms with Gasteiger partial charge in [0, 0.05) is 18.7 Å². The highest BCUT2D eigenvalue weighted by atomic mass is 19.1. The third-order valence-electron chi connectivity index (χ3n) is 2.92. The fraction of sp³-hybridized carbons (Fsp3) is 0.364. The van der Waals surface area contributed by atoms with E-state index in [9.17, 15) is 9.18 Å². The maximum atomic E-state index is 13.5. The Labute approximate surface area is 92.3 Å². The smallest absolute Gasteiger partial charge is 0.321 e. The summed E-state index contributed by atoms with van der Waals surface area (Å²) in [7, 11) is 0. The van der Waals surface area contributed by atoms with Crippen molar-refractivity contribution in [2.45, 2.75) is 25.6 Å². The number of carboxylic acids is 1. The van der Waals surface area contributed by atoms with Gasteiger partial charge in [0.1, 0.15) is 11.9 Å². The first-order chi connectivity index (χ1) is 7.63. The Balaban J connectivity index is 2.42. The number of carboxylic acid groups (broad SMARTS) is 1. The van der Waals surface area contributed by atoms with Crippen molar-refractivity contribution >= 4 is 5.97 Å². The Bertz CT molecular complexity index is 434. The summed E-state index contributed by atoms with van der Waals surface area (Å²) in [5, 5.41) is 11.7. The van der Waals surface area contributed by atoms with Crippen molar-refractivity contribution in [2.24, 2.45) is 5.73 Å². The Morgan fingerprint density at radius 1 is 1.56 bits per heavy atom. The number of aliphatic carboxylic acids is 1. The van der Waals surface area contributed by atoms with Gasteiger partial charge in [-0.1, -0.05) is 6.07 Å². The van der Waals surface area contributed by atoms with Crippen molar-refractivity contribution in [3.8, 4) is 0 Å². The summed E-state index contributed by atoms with van der Waals surface area (Å²) in [6.07, 6.45) is 0.287. The standard InChI is InChI=1S/C11H13FN2O2/c12-9-2-1-6(4-13)7-3-10(11(15)16)14-5-8(7)9/h1-2,10,14H,3-5,13H2,(H,15,16). The van der Waals surface area contributed by atoms with Gasteiger partial charge in [-0.15, -0.1) is 0 Å². The van der Waals surface area contributed by atoms with Gasteiger partial charge in [0.2, 0.25) is 0 Å². The normalized spacial score (nSPS) is 19.2. The molecule has 1 aliphatic rings. The number of rotatable bonds is 2. The second-order valence-corrected chi connectivity index (χ2v) is 3.84. The van der Waals surface area contributed by atoms with Crippen molar-refractivity contribution in [1.82, 2.24) is 5.32 Å². The molecule has 0 aromatic heterocycles. The molecule has 1 unspecified atom stereocenters. The van der Waals surface area contributed by atoms with Gasteiger partial charge in [-0.05, 0) is 23.6 Å². The number of nitrogens with one attached hydrogen (secondary N) is 1. The quantitative estimate of drug-likeness (QED) is 0.679. The maximum Gasteiger partial charge on any atom is 0.321 e. The highest BCUT2D eigenvalue weighted by Crippen LogP contribution is 2.23. The Morgan fingerprint density at radius 3 is 2.94 bits per heavy atom. The molecule has 4 N–H and O–H groups in total. The number of fused-ring (bicyclic) bond motifs is 1. The van der Waals surface area contributed by atoms with Crippen LogP contribution in [0.4, 0.5) is 4.39 Å². The van der Waals surface area contributed by atoms with Gasteiger partial charge in [-0.25, -0.2) is 4.39 Å². The topological polar surface area (TPSA) is 75.4 Å². The first kappa shape index (κ1) is 11.0. The molecule has 16 heavy (non-hydrogen) atoms. The lowest BCUT2D eigenvalue weighted by atomic mass is 9.91. The molecular weight excluding hydrogens is 211 g/mol. The van der Waals surface area contributed by atoms with Crippen LogP contribution in [0.5, 0.6) is 0 Å². The van der Waals surface area contributed by atoms with E-state index < -0.39 is 12.0 Å². The summed E-state index contributed by atoms with van der Waals surface area (Å²) < 4.78 is 13.5. The zero-order chi connectivity index (χ0) is 11.7. The Kier molecular flexibility index (Phi) is 2.89. The van der Waals surface area contributed by atoms with Crippen LogP contribution in [-0.2, 0) is 24.3 Å². The number of nitrogens with two attached hydrogens (primary N) is 1. The van der Waals surface area contributed by atoms with E-state index in [-0.39, 0.29) is 18.8 Å². The van der Waals surface area contributed by atoms with Crippen LogP contribution in [-0.4, -0.2) is 17.1 Å². The van der Waals surface area contributed by atoms with Crippen molar-refractivity contribution in [2.75, 3.05) is 0 Å². The Hall–Kier alpha value is -1.46. The van der Waals surface area contributed by atoms with Crippen LogP contribution in [0.2, 0.25) is 0 Å². The Morgan fingerprint density at radius 2 is 2.31 bits per heavy atom. The fourth-order valence-electron chi connectivity index (χ4n) is 2.03. The van der Waals surface area contributed by atoms with E-state index in [0.29, 0.717) is 12.1 Å². The molecule has 2 rings (SSSR count). The summed E-state index contributed by atoms with van der Waals surface area (Å²) in [4.78, 5) is 10.9. The van der Waals surface area contributed by atoms with Gasteiger partial charge in [-0.3, -0.25) is 10.1 Å². The molecule has 0 saturated carbocycles. The van der Waals surface area contributed by atoms with Crippen LogP contribution in [0, 0.1) is 5.82 Å². The molecule has 0 amide bonds. The highest BCUT2D eigenvalue weighted by molar-refractivity contribution is 5.74. The summed E-state index contributed by atoms with van der Waals surface area (Å²) in [6.45, 7) is 0.543. The van der Waals surface area contributed by atoms with E-state index in [1.807, 2.05) is 0 Å². The molecule has 1 heterocycles. The van der Waals surface area contributed by atoms with Crippen LogP contribution in [0.15, 0.2) is 12.1 Å². The van der Waals surface area contributed by atoms with Crippen LogP contribution in [0.25, 0.3) is 0 Å². The molecule has 1 aromatic carbocycles. The summed E-state index contributed by atoms with van der Waals surface area (Å²) in [6, 6.07) is 2.35. The summed E-state index contributed by atoms with van der Waals surface area (Å²) >= 11 is 0. The highest BCUT2D eigenvalue weighted by Gasteiger charge is 2.26. The molecule has 5 heteroatoms. The summed E-state index contributed by atoms with van der Waals surface area (Å²) in [5.74, 6) is -1.22. The lowest BCUT2D eigenvalue weighted by molar-refractivity contribution is -0.139. The average Bonchev–Trinajstić information content (AvgIpc) is 2.29. The molecule has 0 fully saturated rings. The van der Waals surface area contributed by atoms with E-state index in [0.717, 1.165) is 11.1 Å². The zero-order valence-electron chi connectivity index (χ0n) is 8.66. The molecule has 1 aromatic rings. The van der Waals surface area contributed by atoms with Crippen LogP contribution in [0.1, 0.15) is 16.7 Å². The number of halogens is 1. The first-order valence-corrected chi connectivity index (χ1v) is 5.09. The molecule has 0 radical (unpaired) electrons. The largest absolute Gasteiger partial charge is 0.480 e. The maximum absolute atomic E-state index is 13.5. The number of carbonyl (C=O) groups is 1. The molecule has 0 saturated heterocycles. The third kappa shape index (κ3) is 1.79. The lowest BCUT2D eigenvalue weighted by Crippen LogP contribution is -2.42. The van der Waals surface area contributed by atoms with Gasteiger partial charge >= 0.3 is 5.97 Å². The second kappa shape index (κ2) is 4.19. The van der Waals surface area contributed by atoms with E-state index in [1.54, 1.807) is 6.07 Å². The lowest BCUT2D eigenvalue weighted by Gasteiger charge is -2.25. The van der Waals surface area contributed by atoms with Crippen molar-refractivity contribution in [1.29, 1.82) is 0 Å². The van der Waals surface area contributed by atoms with Gasteiger partial charge in [0.15, 0.2) is 0 Å². The van der Waals surface area contributed by atoms with Crippen LogP contribution >= 0.6 is 0 Å². The predicted molar refractivity (Wildman–Crippen MR) is 56.3 cm³/mol. The predicted octanol–water partition coefficient (Wildman–Crippen LogP) is 0.383. The van der Waals surface area contributed by atoms with Gasteiger partial charge in [0.05, 0.1) is 0 Å². The van der Waals surface area contributed by atoms with E-state index in [4.69, 9.17) is 10.8 Å². The summed E-state index contributed by atoms with van der Waals surface area (Å²) in [5.41, 5.74) is 7.66. The van der Waals surface area contributed by atoms with Crippen LogP contribution in [0.3, 0.4) is 0 Å². The minimum absolute atomic E-state index is 0.242. The first-order valence-electron chi connectivity index (χ1n) is 5.09. The van der Waals surface area contributed by atoms with Crippen molar-refractivity contribution in [3.05, 3.63) is 34.6 Å². The van der Waals surface area contributed by atoms with Crippen LogP contribution < -0.4 is 11.1 Å². The molecule has 0 bridgehead atoms. The van der Waals surface area contributed by atoms with E-state index in [1.165, 1.54) is 6.07 Å². The monoisotopic (exact) mass is 224 g/mol. The molecular formula is C11H13FN2O2. The van der Waals surface area contributed by atoms with Crippen molar-refractivity contribution < 1.29 is 14.3 Å². The molecule has 1 aliphatic heterocycles. The molecule has 0 aliphatic carbocycles. The van der Waals surface area contributed by atoms with Gasteiger partial charge in [0.25, 0.3) is 0 Å². The minimum Gasteiger partial charge on any atom is -0.480 e.